The fourth-order valence-electron chi connectivity index (χ4n) is 2.37. The van der Waals surface area contributed by atoms with E-state index in [0.717, 1.165) is 12.1 Å². The van der Waals surface area contributed by atoms with Gasteiger partial charge in [-0.2, -0.15) is 0 Å². The predicted octanol–water partition coefficient (Wildman–Crippen LogP) is 2.52. The summed E-state index contributed by atoms with van der Waals surface area (Å²) in [7, 11) is 0. The second-order valence-corrected chi connectivity index (χ2v) is 5.00. The highest BCUT2D eigenvalue weighted by molar-refractivity contribution is 5.95. The van der Waals surface area contributed by atoms with Crippen LogP contribution >= 0.6 is 0 Å². The summed E-state index contributed by atoms with van der Waals surface area (Å²) in [6.45, 7) is 0.436. The molecule has 0 aromatic heterocycles. The summed E-state index contributed by atoms with van der Waals surface area (Å²) < 4.78 is 40.3. The molecule has 1 amide bonds. The van der Waals surface area contributed by atoms with Gasteiger partial charge in [-0.15, -0.1) is 13.2 Å². The Bertz CT molecular complexity index is 573. The van der Waals surface area contributed by atoms with E-state index in [1.807, 2.05) is 0 Å². The maximum Gasteiger partial charge on any atom is 0.573 e. The number of carbonyl (C=O) groups excluding carboxylic acids is 1. The summed E-state index contributed by atoms with van der Waals surface area (Å²) in [5.41, 5.74) is 0.0350. The topological polar surface area (TPSA) is 66.8 Å². The molecule has 120 valence electrons. The SMILES string of the molecule is O=C(O)[C@H]1CCCN(C(=O)c2cccc(OC(F)(F)F)c2)C1. The van der Waals surface area contributed by atoms with E-state index in [2.05, 4.69) is 4.74 Å². The van der Waals surface area contributed by atoms with Crippen molar-refractivity contribution >= 4 is 11.9 Å². The average Bonchev–Trinajstić information content (AvgIpc) is 2.45. The Morgan fingerprint density at radius 1 is 1.32 bits per heavy atom. The number of ether oxygens (including phenoxy) is 1. The first-order valence-electron chi connectivity index (χ1n) is 6.64. The third-order valence-corrected chi connectivity index (χ3v) is 3.37. The fraction of sp³-hybridized carbons (Fsp3) is 0.429. The normalized spacial score (nSPS) is 18.9. The summed E-state index contributed by atoms with van der Waals surface area (Å²) in [6.07, 6.45) is -3.81. The molecule has 5 nitrogen and oxygen atoms in total. The van der Waals surface area contributed by atoms with Gasteiger partial charge in [-0.25, -0.2) is 0 Å². The number of hydrogen-bond acceptors (Lipinski definition) is 3. The number of alkyl halides is 3. The fourth-order valence-corrected chi connectivity index (χ4v) is 2.37. The van der Waals surface area contributed by atoms with Gasteiger partial charge in [0.1, 0.15) is 5.75 Å². The number of carboxylic acids is 1. The van der Waals surface area contributed by atoms with E-state index >= 15 is 0 Å². The van der Waals surface area contributed by atoms with Crippen LogP contribution in [-0.4, -0.2) is 41.3 Å². The lowest BCUT2D eigenvalue weighted by Crippen LogP contribution is -2.42. The number of rotatable bonds is 3. The molecule has 1 aromatic rings. The molecule has 2 rings (SSSR count). The number of likely N-dealkylation sites (tertiary alicyclic amines) is 1. The highest BCUT2D eigenvalue weighted by Crippen LogP contribution is 2.25. The van der Waals surface area contributed by atoms with Crippen LogP contribution in [0, 0.1) is 5.92 Å². The van der Waals surface area contributed by atoms with Crippen molar-refractivity contribution in [1.82, 2.24) is 4.90 Å². The van der Waals surface area contributed by atoms with Crippen LogP contribution in [-0.2, 0) is 4.79 Å². The lowest BCUT2D eigenvalue weighted by molar-refractivity contribution is -0.274. The number of piperidine rings is 1. The molecule has 0 aliphatic carbocycles. The first-order chi connectivity index (χ1) is 10.3. The van der Waals surface area contributed by atoms with Crippen molar-refractivity contribution in [1.29, 1.82) is 0 Å². The van der Waals surface area contributed by atoms with Crippen molar-refractivity contribution in [2.75, 3.05) is 13.1 Å². The van der Waals surface area contributed by atoms with Gasteiger partial charge in [0.05, 0.1) is 5.92 Å². The number of halogens is 3. The molecule has 1 saturated heterocycles. The predicted molar refractivity (Wildman–Crippen MR) is 69.4 cm³/mol. The monoisotopic (exact) mass is 317 g/mol. The molecule has 1 aliphatic rings. The molecule has 1 heterocycles. The zero-order chi connectivity index (χ0) is 16.3. The lowest BCUT2D eigenvalue weighted by atomic mass is 9.97. The van der Waals surface area contributed by atoms with Crippen molar-refractivity contribution in [2.24, 2.45) is 5.92 Å². The molecule has 1 aliphatic heterocycles. The molecule has 8 heteroatoms. The Morgan fingerprint density at radius 2 is 2.05 bits per heavy atom. The van der Waals surface area contributed by atoms with Crippen LogP contribution in [0.1, 0.15) is 23.2 Å². The Labute approximate surface area is 124 Å². The number of carbonyl (C=O) groups is 2. The second-order valence-electron chi connectivity index (χ2n) is 5.00. The van der Waals surface area contributed by atoms with E-state index in [4.69, 9.17) is 5.11 Å². The highest BCUT2D eigenvalue weighted by Gasteiger charge is 2.32. The quantitative estimate of drug-likeness (QED) is 0.930. The molecule has 0 saturated carbocycles. The van der Waals surface area contributed by atoms with Crippen molar-refractivity contribution in [3.63, 3.8) is 0 Å². The third kappa shape index (κ3) is 4.12. The van der Waals surface area contributed by atoms with E-state index in [-0.39, 0.29) is 12.1 Å². The third-order valence-electron chi connectivity index (χ3n) is 3.37. The van der Waals surface area contributed by atoms with Gasteiger partial charge in [-0.3, -0.25) is 9.59 Å². The van der Waals surface area contributed by atoms with Gasteiger partial charge in [0, 0.05) is 18.7 Å². The summed E-state index contributed by atoms with van der Waals surface area (Å²) in [6, 6.07) is 4.75. The molecule has 0 unspecified atom stereocenters. The molecular formula is C14H14F3NO4. The summed E-state index contributed by atoms with van der Waals surface area (Å²) >= 11 is 0. The van der Waals surface area contributed by atoms with E-state index in [1.165, 1.54) is 17.0 Å². The van der Waals surface area contributed by atoms with Gasteiger partial charge < -0.3 is 14.7 Å². The molecule has 0 bridgehead atoms. The zero-order valence-corrected chi connectivity index (χ0v) is 11.5. The molecule has 1 fully saturated rings. The molecular weight excluding hydrogens is 303 g/mol. The Hall–Kier alpha value is -2.25. The van der Waals surface area contributed by atoms with Crippen molar-refractivity contribution in [3.05, 3.63) is 29.8 Å². The number of amides is 1. The first kappa shape index (κ1) is 16.1. The van der Waals surface area contributed by atoms with Gasteiger partial charge in [0.2, 0.25) is 0 Å². The minimum Gasteiger partial charge on any atom is -0.481 e. The first-order valence-corrected chi connectivity index (χ1v) is 6.64. The summed E-state index contributed by atoms with van der Waals surface area (Å²) in [4.78, 5) is 24.6. The number of hydrogen-bond donors (Lipinski definition) is 1. The smallest absolute Gasteiger partial charge is 0.481 e. The van der Waals surface area contributed by atoms with E-state index in [0.29, 0.717) is 19.4 Å². The van der Waals surface area contributed by atoms with Gasteiger partial charge >= 0.3 is 12.3 Å². The van der Waals surface area contributed by atoms with Crippen LogP contribution in [0.5, 0.6) is 5.75 Å². The van der Waals surface area contributed by atoms with E-state index < -0.39 is 29.9 Å². The Morgan fingerprint density at radius 3 is 2.68 bits per heavy atom. The van der Waals surface area contributed by atoms with Gasteiger partial charge in [0.15, 0.2) is 0 Å². The molecule has 1 aromatic carbocycles. The van der Waals surface area contributed by atoms with Crippen molar-refractivity contribution in [3.8, 4) is 5.75 Å². The number of benzene rings is 1. The molecule has 0 spiro atoms. The van der Waals surface area contributed by atoms with Gasteiger partial charge in [-0.1, -0.05) is 6.07 Å². The van der Waals surface area contributed by atoms with Crippen molar-refractivity contribution < 1.29 is 32.6 Å². The lowest BCUT2D eigenvalue weighted by Gasteiger charge is -2.30. The molecule has 1 N–H and O–H groups in total. The minimum atomic E-state index is -4.83. The standard InChI is InChI=1S/C14H14F3NO4/c15-14(16,17)22-11-5-1-3-9(7-11)12(19)18-6-2-4-10(8-18)13(20)21/h1,3,5,7,10H,2,4,6,8H2,(H,20,21)/t10-/m0/s1. The zero-order valence-electron chi connectivity index (χ0n) is 11.5. The van der Waals surface area contributed by atoms with Gasteiger partial charge in [-0.05, 0) is 31.0 Å². The minimum absolute atomic E-state index is 0.0350. The Balaban J connectivity index is 2.12. The molecule has 1 atom stereocenters. The van der Waals surface area contributed by atoms with Crippen LogP contribution in [0.25, 0.3) is 0 Å². The van der Waals surface area contributed by atoms with Crippen LogP contribution < -0.4 is 4.74 Å². The summed E-state index contributed by atoms with van der Waals surface area (Å²) in [5.74, 6) is -2.61. The van der Waals surface area contributed by atoms with Crippen molar-refractivity contribution in [2.45, 2.75) is 19.2 Å². The maximum atomic E-state index is 12.3. The van der Waals surface area contributed by atoms with E-state index in [1.54, 1.807) is 0 Å². The Kier molecular flexibility index (Phi) is 4.58. The number of nitrogens with zero attached hydrogens (tertiary/aromatic N) is 1. The highest BCUT2D eigenvalue weighted by atomic mass is 19.4. The van der Waals surface area contributed by atoms with Gasteiger partial charge in [0.25, 0.3) is 5.91 Å². The number of aliphatic carboxylic acids is 1. The summed E-state index contributed by atoms with van der Waals surface area (Å²) in [5, 5.41) is 9.00. The van der Waals surface area contributed by atoms with Crippen LogP contribution in [0.3, 0.4) is 0 Å². The maximum absolute atomic E-state index is 12.3. The largest absolute Gasteiger partial charge is 0.573 e. The van der Waals surface area contributed by atoms with Crippen LogP contribution in [0.15, 0.2) is 24.3 Å². The van der Waals surface area contributed by atoms with Crippen LogP contribution in [0.2, 0.25) is 0 Å². The molecule has 22 heavy (non-hydrogen) atoms. The van der Waals surface area contributed by atoms with E-state index in [9.17, 15) is 22.8 Å². The van der Waals surface area contributed by atoms with Crippen LogP contribution in [0.4, 0.5) is 13.2 Å². The number of carboxylic acid groups (broad SMARTS) is 1. The second kappa shape index (κ2) is 6.25. The average molecular weight is 317 g/mol. The molecule has 0 radical (unpaired) electrons.